The number of amidine groups is 1. The molecule has 0 spiro atoms. The highest BCUT2D eigenvalue weighted by Gasteiger charge is 2.31. The SMILES string of the molecule is CC1C=C(Cl)C=C2C(NCCCN)=CC(N3CCC(=O)c4ccccc4C3)=NC21. The quantitative estimate of drug-likeness (QED) is 0.746. The predicted octanol–water partition coefficient (Wildman–Crippen LogP) is 3.38. The summed E-state index contributed by atoms with van der Waals surface area (Å²) in [6.07, 6.45) is 7.55. The number of hydrogen-bond acceptors (Lipinski definition) is 5. The molecule has 0 aromatic heterocycles. The fourth-order valence-electron chi connectivity index (χ4n) is 4.16. The first kappa shape index (κ1) is 19.9. The summed E-state index contributed by atoms with van der Waals surface area (Å²) in [6.45, 7) is 4.94. The maximum absolute atomic E-state index is 12.6. The first-order chi connectivity index (χ1) is 14.1. The number of Topliss-reactive ketones (excluding diaryl/α,β-unsaturated/α-hetero) is 1. The maximum Gasteiger partial charge on any atom is 0.164 e. The molecule has 0 saturated heterocycles. The van der Waals surface area contributed by atoms with Crippen molar-refractivity contribution in [2.45, 2.75) is 32.4 Å². The van der Waals surface area contributed by atoms with Crippen molar-refractivity contribution in [2.24, 2.45) is 16.6 Å². The fourth-order valence-corrected chi connectivity index (χ4v) is 4.47. The van der Waals surface area contributed by atoms with Gasteiger partial charge in [0.1, 0.15) is 5.84 Å². The van der Waals surface area contributed by atoms with Crippen molar-refractivity contribution in [3.63, 3.8) is 0 Å². The van der Waals surface area contributed by atoms with Crippen molar-refractivity contribution >= 4 is 23.2 Å². The number of benzene rings is 1. The highest BCUT2D eigenvalue weighted by atomic mass is 35.5. The third kappa shape index (κ3) is 4.16. The van der Waals surface area contributed by atoms with Crippen LogP contribution in [0.5, 0.6) is 0 Å². The van der Waals surface area contributed by atoms with Gasteiger partial charge in [0.15, 0.2) is 5.78 Å². The zero-order chi connectivity index (χ0) is 20.4. The smallest absolute Gasteiger partial charge is 0.164 e. The van der Waals surface area contributed by atoms with Crippen molar-refractivity contribution in [3.8, 4) is 0 Å². The Kier molecular flexibility index (Phi) is 5.88. The van der Waals surface area contributed by atoms with Crippen LogP contribution >= 0.6 is 11.6 Å². The van der Waals surface area contributed by atoms with Gasteiger partial charge in [0, 0.05) is 59.9 Å². The molecule has 0 amide bonds. The predicted molar refractivity (Wildman–Crippen MR) is 118 cm³/mol. The van der Waals surface area contributed by atoms with Gasteiger partial charge < -0.3 is 16.0 Å². The van der Waals surface area contributed by atoms with Gasteiger partial charge in [0.05, 0.1) is 6.04 Å². The largest absolute Gasteiger partial charge is 0.385 e. The van der Waals surface area contributed by atoms with E-state index in [2.05, 4.69) is 29.3 Å². The number of fused-ring (bicyclic) bond motifs is 2. The van der Waals surface area contributed by atoms with Crippen LogP contribution in [0.25, 0.3) is 0 Å². The van der Waals surface area contributed by atoms with E-state index in [0.717, 1.165) is 46.2 Å². The van der Waals surface area contributed by atoms with Gasteiger partial charge in [0.2, 0.25) is 0 Å². The molecule has 0 fully saturated rings. The summed E-state index contributed by atoms with van der Waals surface area (Å²) < 4.78 is 0. The lowest BCUT2D eigenvalue weighted by atomic mass is 9.86. The lowest BCUT2D eigenvalue weighted by Crippen LogP contribution is -2.38. The normalized spacial score (nSPS) is 23.8. The molecule has 2 unspecified atom stereocenters. The summed E-state index contributed by atoms with van der Waals surface area (Å²) >= 11 is 6.35. The van der Waals surface area contributed by atoms with Crippen molar-refractivity contribution in [2.75, 3.05) is 19.6 Å². The molecule has 2 atom stereocenters. The van der Waals surface area contributed by atoms with E-state index in [0.29, 0.717) is 26.1 Å². The van der Waals surface area contributed by atoms with Crippen LogP contribution in [0.15, 0.2) is 63.8 Å². The number of hydrogen-bond donors (Lipinski definition) is 2. The number of nitrogens with two attached hydrogens (primary N) is 1. The molecule has 1 aromatic carbocycles. The van der Waals surface area contributed by atoms with Crippen LogP contribution in [0.2, 0.25) is 0 Å². The Morgan fingerprint density at radius 2 is 2.14 bits per heavy atom. The Hall–Kier alpha value is -2.37. The molecule has 3 N–H and O–H groups in total. The number of allylic oxidation sites excluding steroid dienone is 2. The minimum Gasteiger partial charge on any atom is -0.385 e. The third-order valence-corrected chi connectivity index (χ3v) is 5.93. The first-order valence-corrected chi connectivity index (χ1v) is 10.6. The van der Waals surface area contributed by atoms with Crippen molar-refractivity contribution in [1.29, 1.82) is 0 Å². The first-order valence-electron chi connectivity index (χ1n) is 10.3. The van der Waals surface area contributed by atoms with Gasteiger partial charge in [-0.2, -0.15) is 0 Å². The molecule has 0 bridgehead atoms. The summed E-state index contributed by atoms with van der Waals surface area (Å²) in [7, 11) is 0. The second-order valence-electron chi connectivity index (χ2n) is 7.82. The third-order valence-electron chi connectivity index (χ3n) is 5.70. The molecule has 152 valence electrons. The fraction of sp³-hybridized carbons (Fsp3) is 0.391. The van der Waals surface area contributed by atoms with Crippen molar-refractivity contribution < 1.29 is 4.79 Å². The number of carbonyl (C=O) groups excluding carboxylic acids is 1. The molecule has 6 heteroatoms. The van der Waals surface area contributed by atoms with Crippen LogP contribution in [-0.2, 0) is 6.54 Å². The van der Waals surface area contributed by atoms with Crippen LogP contribution in [-0.4, -0.2) is 42.2 Å². The van der Waals surface area contributed by atoms with E-state index in [-0.39, 0.29) is 17.7 Å². The molecule has 5 nitrogen and oxygen atoms in total. The minimum absolute atomic E-state index is 0.0204. The van der Waals surface area contributed by atoms with E-state index in [9.17, 15) is 4.79 Å². The number of nitrogens with zero attached hydrogens (tertiary/aromatic N) is 2. The number of halogens is 1. The zero-order valence-corrected chi connectivity index (χ0v) is 17.5. The van der Waals surface area contributed by atoms with Gasteiger partial charge in [-0.3, -0.25) is 9.79 Å². The Morgan fingerprint density at radius 1 is 1.31 bits per heavy atom. The second kappa shape index (κ2) is 8.56. The maximum atomic E-state index is 12.6. The van der Waals surface area contributed by atoms with Gasteiger partial charge in [-0.1, -0.05) is 48.9 Å². The van der Waals surface area contributed by atoms with E-state index >= 15 is 0 Å². The highest BCUT2D eigenvalue weighted by Crippen LogP contribution is 2.34. The van der Waals surface area contributed by atoms with Crippen LogP contribution in [0.3, 0.4) is 0 Å². The average Bonchev–Trinajstić information content (AvgIpc) is 2.88. The minimum atomic E-state index is 0.0204. The summed E-state index contributed by atoms with van der Waals surface area (Å²) in [5, 5.41) is 4.28. The van der Waals surface area contributed by atoms with E-state index in [1.807, 2.05) is 30.3 Å². The number of rotatable bonds is 4. The lowest BCUT2D eigenvalue weighted by molar-refractivity contribution is 0.0980. The molecule has 3 aliphatic rings. The topological polar surface area (TPSA) is 70.7 Å². The van der Waals surface area contributed by atoms with Crippen molar-refractivity contribution in [3.05, 3.63) is 69.9 Å². The Labute approximate surface area is 177 Å². The Balaban J connectivity index is 1.67. The van der Waals surface area contributed by atoms with Crippen LogP contribution < -0.4 is 11.1 Å². The Bertz CT molecular complexity index is 931. The molecule has 4 rings (SSSR count). The molecule has 2 aliphatic heterocycles. The number of nitrogens with one attached hydrogen (secondary N) is 1. The molecule has 0 saturated carbocycles. The van der Waals surface area contributed by atoms with E-state index in [1.54, 1.807) is 0 Å². The average molecular weight is 411 g/mol. The van der Waals surface area contributed by atoms with Gasteiger partial charge in [-0.15, -0.1) is 0 Å². The molecule has 0 radical (unpaired) electrons. The zero-order valence-electron chi connectivity index (χ0n) is 16.7. The van der Waals surface area contributed by atoms with E-state index in [1.165, 1.54) is 0 Å². The second-order valence-corrected chi connectivity index (χ2v) is 8.26. The summed E-state index contributed by atoms with van der Waals surface area (Å²) in [5.41, 5.74) is 9.74. The van der Waals surface area contributed by atoms with E-state index < -0.39 is 0 Å². The number of ketones is 1. The van der Waals surface area contributed by atoms with Gasteiger partial charge >= 0.3 is 0 Å². The monoisotopic (exact) mass is 410 g/mol. The summed E-state index contributed by atoms with van der Waals surface area (Å²) in [5.74, 6) is 1.33. The van der Waals surface area contributed by atoms with Crippen LogP contribution in [0.4, 0.5) is 0 Å². The number of aliphatic imine (C=N–C) groups is 1. The summed E-state index contributed by atoms with van der Waals surface area (Å²) in [4.78, 5) is 19.9. The number of carbonyl (C=O) groups is 1. The standard InChI is InChI=1S/C23H27ClN4O/c1-15-11-17(24)12-19-20(26-9-4-8-25)13-22(27-23(15)19)28-10-7-21(29)18-6-3-2-5-16(18)14-28/h2-3,5-6,11-13,15,23,26H,4,7-10,14,25H2,1H3. The number of dihydropyridines is 1. The molecule has 2 heterocycles. The molecular weight excluding hydrogens is 384 g/mol. The van der Waals surface area contributed by atoms with Crippen LogP contribution in [0, 0.1) is 5.92 Å². The highest BCUT2D eigenvalue weighted by molar-refractivity contribution is 6.31. The van der Waals surface area contributed by atoms with Crippen LogP contribution in [0.1, 0.15) is 35.7 Å². The molecular formula is C23H27ClN4O. The molecule has 1 aromatic rings. The molecule has 1 aliphatic carbocycles. The summed E-state index contributed by atoms with van der Waals surface area (Å²) in [6, 6.07) is 7.91. The Morgan fingerprint density at radius 3 is 2.97 bits per heavy atom. The van der Waals surface area contributed by atoms with Gasteiger partial charge in [-0.05, 0) is 24.6 Å². The van der Waals surface area contributed by atoms with E-state index in [4.69, 9.17) is 22.3 Å². The van der Waals surface area contributed by atoms with Gasteiger partial charge in [0.25, 0.3) is 0 Å². The van der Waals surface area contributed by atoms with Crippen molar-refractivity contribution in [1.82, 2.24) is 10.2 Å². The lowest BCUT2D eigenvalue weighted by Gasteiger charge is -2.34. The molecule has 29 heavy (non-hydrogen) atoms. The van der Waals surface area contributed by atoms with Gasteiger partial charge in [-0.25, -0.2) is 0 Å².